The molecule has 3 heteroatoms. The molecule has 0 heterocycles. The first-order valence-corrected chi connectivity index (χ1v) is 6.65. The average molecular weight is 244 g/mol. The molecule has 0 saturated heterocycles. The monoisotopic (exact) mass is 243 g/mol. The van der Waals surface area contributed by atoms with Crippen LogP contribution in [0.2, 0.25) is 5.02 Å². The molecule has 0 amide bonds. The Morgan fingerprint density at radius 1 is 1.47 bits per heavy atom. The van der Waals surface area contributed by atoms with Crippen LogP contribution in [0.1, 0.15) is 25.8 Å². The number of nitrogens with two attached hydrogens (primary N) is 1. The Morgan fingerprint density at radius 3 is 2.80 bits per heavy atom. The maximum atomic E-state index is 6.16. The van der Waals surface area contributed by atoms with Gasteiger partial charge in [0.25, 0.3) is 0 Å². The molecule has 0 spiro atoms. The lowest BCUT2D eigenvalue weighted by Crippen LogP contribution is -2.01. The first-order chi connectivity index (χ1) is 7.19. The van der Waals surface area contributed by atoms with Crippen LogP contribution in [0.3, 0.4) is 0 Å². The van der Waals surface area contributed by atoms with E-state index in [0.29, 0.717) is 6.54 Å². The third-order valence-electron chi connectivity index (χ3n) is 2.48. The van der Waals surface area contributed by atoms with Crippen molar-refractivity contribution in [1.82, 2.24) is 0 Å². The van der Waals surface area contributed by atoms with Crippen LogP contribution in [0.25, 0.3) is 0 Å². The van der Waals surface area contributed by atoms with E-state index in [1.807, 2.05) is 30.0 Å². The Bertz CT molecular complexity index is 314. The van der Waals surface area contributed by atoms with Crippen LogP contribution >= 0.6 is 23.4 Å². The standard InChI is InChI=1S/C12H18ClNS/c1-3-9(2)8-15-12-10(7-14)5-4-6-11(12)13/h4-6,9H,3,7-8,14H2,1-2H3. The van der Waals surface area contributed by atoms with E-state index in [0.717, 1.165) is 27.2 Å². The van der Waals surface area contributed by atoms with E-state index in [1.165, 1.54) is 6.42 Å². The van der Waals surface area contributed by atoms with Gasteiger partial charge in [0.1, 0.15) is 0 Å². The molecule has 1 aromatic rings. The van der Waals surface area contributed by atoms with E-state index in [9.17, 15) is 0 Å². The van der Waals surface area contributed by atoms with Crippen molar-refractivity contribution in [3.8, 4) is 0 Å². The lowest BCUT2D eigenvalue weighted by Gasteiger charge is -2.12. The first kappa shape index (κ1) is 12.9. The first-order valence-electron chi connectivity index (χ1n) is 5.29. The molecule has 0 aromatic heterocycles. The van der Waals surface area contributed by atoms with Crippen LogP contribution in [-0.4, -0.2) is 5.75 Å². The second-order valence-corrected chi connectivity index (χ2v) is 5.19. The summed E-state index contributed by atoms with van der Waals surface area (Å²) in [4.78, 5) is 1.15. The highest BCUT2D eigenvalue weighted by atomic mass is 35.5. The molecule has 0 aliphatic rings. The summed E-state index contributed by atoms with van der Waals surface area (Å²) in [6, 6.07) is 5.93. The minimum Gasteiger partial charge on any atom is -0.326 e. The molecule has 0 aliphatic carbocycles. The molecule has 0 fully saturated rings. The molecular formula is C12H18ClNS. The predicted octanol–water partition coefficient (Wildman–Crippen LogP) is 3.94. The Kier molecular flexibility index (Phi) is 5.51. The zero-order valence-corrected chi connectivity index (χ0v) is 10.9. The van der Waals surface area contributed by atoms with Gasteiger partial charge in [-0.05, 0) is 17.5 Å². The van der Waals surface area contributed by atoms with Crippen molar-refractivity contribution in [2.45, 2.75) is 31.7 Å². The molecule has 1 rings (SSSR count). The number of hydrogen-bond acceptors (Lipinski definition) is 2. The third kappa shape index (κ3) is 3.71. The molecular weight excluding hydrogens is 226 g/mol. The van der Waals surface area contributed by atoms with E-state index < -0.39 is 0 Å². The Balaban J connectivity index is 2.74. The highest BCUT2D eigenvalue weighted by molar-refractivity contribution is 7.99. The van der Waals surface area contributed by atoms with Crippen LogP contribution in [0, 0.1) is 5.92 Å². The van der Waals surface area contributed by atoms with Gasteiger partial charge in [-0.25, -0.2) is 0 Å². The number of rotatable bonds is 5. The summed E-state index contributed by atoms with van der Waals surface area (Å²) in [7, 11) is 0. The quantitative estimate of drug-likeness (QED) is 0.793. The topological polar surface area (TPSA) is 26.0 Å². The Hall–Kier alpha value is -0.180. The summed E-state index contributed by atoms with van der Waals surface area (Å²) in [6.45, 7) is 5.02. The second-order valence-electron chi connectivity index (χ2n) is 3.76. The zero-order valence-electron chi connectivity index (χ0n) is 9.29. The highest BCUT2D eigenvalue weighted by Gasteiger charge is 2.08. The molecule has 15 heavy (non-hydrogen) atoms. The van der Waals surface area contributed by atoms with Crippen LogP contribution in [0.15, 0.2) is 23.1 Å². The van der Waals surface area contributed by atoms with Crippen molar-refractivity contribution in [2.24, 2.45) is 11.7 Å². The number of halogens is 1. The second kappa shape index (κ2) is 6.41. The minimum atomic E-state index is 0.559. The third-order valence-corrected chi connectivity index (χ3v) is 4.41. The number of hydrogen-bond donors (Lipinski definition) is 1. The van der Waals surface area contributed by atoms with Crippen molar-refractivity contribution in [1.29, 1.82) is 0 Å². The van der Waals surface area contributed by atoms with Gasteiger partial charge in [0, 0.05) is 17.2 Å². The fraction of sp³-hybridized carbons (Fsp3) is 0.500. The van der Waals surface area contributed by atoms with E-state index in [4.69, 9.17) is 17.3 Å². The SMILES string of the molecule is CCC(C)CSc1c(Cl)cccc1CN. The van der Waals surface area contributed by atoms with E-state index >= 15 is 0 Å². The van der Waals surface area contributed by atoms with Gasteiger partial charge in [-0.15, -0.1) is 11.8 Å². The lowest BCUT2D eigenvalue weighted by molar-refractivity contribution is 0.637. The predicted molar refractivity (Wildman–Crippen MR) is 69.5 cm³/mol. The minimum absolute atomic E-state index is 0.559. The van der Waals surface area contributed by atoms with E-state index in [-0.39, 0.29) is 0 Å². The Labute approximate surface area is 101 Å². The average Bonchev–Trinajstić information content (AvgIpc) is 2.26. The fourth-order valence-electron chi connectivity index (χ4n) is 1.22. The summed E-state index contributed by atoms with van der Waals surface area (Å²) < 4.78 is 0. The maximum absolute atomic E-state index is 6.16. The van der Waals surface area contributed by atoms with Gasteiger partial charge in [-0.2, -0.15) is 0 Å². The van der Waals surface area contributed by atoms with Gasteiger partial charge in [0.15, 0.2) is 0 Å². The summed E-state index contributed by atoms with van der Waals surface area (Å²) in [5, 5.41) is 0.825. The fourth-order valence-corrected chi connectivity index (χ4v) is 2.81. The Morgan fingerprint density at radius 2 is 2.20 bits per heavy atom. The normalized spacial score (nSPS) is 12.8. The molecule has 0 saturated carbocycles. The summed E-state index contributed by atoms with van der Waals surface area (Å²) in [6.07, 6.45) is 1.20. The molecule has 1 atom stereocenters. The number of benzene rings is 1. The van der Waals surface area contributed by atoms with Gasteiger partial charge < -0.3 is 5.73 Å². The van der Waals surface area contributed by atoms with Crippen molar-refractivity contribution < 1.29 is 0 Å². The molecule has 84 valence electrons. The van der Waals surface area contributed by atoms with Crippen molar-refractivity contribution in [2.75, 3.05) is 5.75 Å². The molecule has 0 bridgehead atoms. The van der Waals surface area contributed by atoms with Crippen molar-refractivity contribution in [3.63, 3.8) is 0 Å². The van der Waals surface area contributed by atoms with Crippen LogP contribution in [-0.2, 0) is 6.54 Å². The molecule has 1 unspecified atom stereocenters. The molecule has 2 N–H and O–H groups in total. The van der Waals surface area contributed by atoms with Crippen LogP contribution in [0.5, 0.6) is 0 Å². The van der Waals surface area contributed by atoms with Gasteiger partial charge in [-0.3, -0.25) is 0 Å². The molecule has 0 radical (unpaired) electrons. The van der Waals surface area contributed by atoms with Gasteiger partial charge in [0.05, 0.1) is 5.02 Å². The number of thioether (sulfide) groups is 1. The van der Waals surface area contributed by atoms with E-state index in [1.54, 1.807) is 0 Å². The molecule has 0 aliphatic heterocycles. The summed E-state index contributed by atoms with van der Waals surface area (Å²) in [5.41, 5.74) is 6.84. The zero-order chi connectivity index (χ0) is 11.3. The van der Waals surface area contributed by atoms with E-state index in [2.05, 4.69) is 13.8 Å². The smallest absolute Gasteiger partial charge is 0.0545 e. The molecule has 1 aromatic carbocycles. The lowest BCUT2D eigenvalue weighted by atomic mass is 10.2. The maximum Gasteiger partial charge on any atom is 0.0545 e. The van der Waals surface area contributed by atoms with Crippen molar-refractivity contribution in [3.05, 3.63) is 28.8 Å². The van der Waals surface area contributed by atoms with Crippen LogP contribution < -0.4 is 5.73 Å². The van der Waals surface area contributed by atoms with Crippen LogP contribution in [0.4, 0.5) is 0 Å². The largest absolute Gasteiger partial charge is 0.326 e. The van der Waals surface area contributed by atoms with Gasteiger partial charge in [0.2, 0.25) is 0 Å². The van der Waals surface area contributed by atoms with Crippen molar-refractivity contribution >= 4 is 23.4 Å². The van der Waals surface area contributed by atoms with Gasteiger partial charge in [-0.1, -0.05) is 44.0 Å². The van der Waals surface area contributed by atoms with Gasteiger partial charge >= 0.3 is 0 Å². The molecule has 1 nitrogen and oxygen atoms in total. The highest BCUT2D eigenvalue weighted by Crippen LogP contribution is 2.32. The summed E-state index contributed by atoms with van der Waals surface area (Å²) >= 11 is 7.98. The summed E-state index contributed by atoms with van der Waals surface area (Å²) in [5.74, 6) is 1.82.